The van der Waals surface area contributed by atoms with E-state index in [1.807, 2.05) is 49.4 Å². The van der Waals surface area contributed by atoms with Crippen molar-refractivity contribution in [1.29, 1.82) is 0 Å². The summed E-state index contributed by atoms with van der Waals surface area (Å²) in [5, 5.41) is 4.18. The summed E-state index contributed by atoms with van der Waals surface area (Å²) in [7, 11) is 0. The van der Waals surface area contributed by atoms with Crippen LogP contribution in [0.2, 0.25) is 0 Å². The number of fused-ring (bicyclic) bond motifs is 1. The second kappa shape index (κ2) is 6.08. The molecule has 1 N–H and O–H groups in total. The summed E-state index contributed by atoms with van der Waals surface area (Å²) in [6.45, 7) is 2.36. The normalized spacial score (nSPS) is 10.9. The van der Waals surface area contributed by atoms with Crippen LogP contribution in [-0.2, 0) is 6.54 Å². The first-order valence-electron chi connectivity index (χ1n) is 7.63. The van der Waals surface area contributed by atoms with Crippen molar-refractivity contribution in [3.05, 3.63) is 66.4 Å². The Labute approximate surface area is 138 Å². The molecule has 0 fully saturated rings. The van der Waals surface area contributed by atoms with Crippen LogP contribution in [0.15, 0.2) is 59.3 Å². The van der Waals surface area contributed by atoms with E-state index >= 15 is 0 Å². The van der Waals surface area contributed by atoms with Crippen LogP contribution in [0.1, 0.15) is 11.5 Å². The Morgan fingerprint density at radius 2 is 1.88 bits per heavy atom. The van der Waals surface area contributed by atoms with E-state index in [1.54, 1.807) is 12.5 Å². The molecule has 3 heterocycles. The van der Waals surface area contributed by atoms with E-state index in [9.17, 15) is 0 Å². The van der Waals surface area contributed by atoms with Crippen LogP contribution in [0.5, 0.6) is 0 Å². The highest BCUT2D eigenvalue weighted by molar-refractivity contribution is 5.86. The van der Waals surface area contributed by atoms with Crippen molar-refractivity contribution in [2.24, 2.45) is 0 Å². The first kappa shape index (κ1) is 14.3. The van der Waals surface area contributed by atoms with Gasteiger partial charge in [0.15, 0.2) is 5.65 Å². The molecule has 0 saturated carbocycles. The van der Waals surface area contributed by atoms with Gasteiger partial charge in [0.25, 0.3) is 0 Å². The Morgan fingerprint density at radius 3 is 2.75 bits per heavy atom. The number of pyridine rings is 1. The van der Waals surface area contributed by atoms with Crippen LogP contribution in [0.4, 0.5) is 5.82 Å². The molecule has 3 aromatic heterocycles. The summed E-state index contributed by atoms with van der Waals surface area (Å²) < 4.78 is 5.55. The fourth-order valence-corrected chi connectivity index (χ4v) is 2.48. The van der Waals surface area contributed by atoms with Crippen molar-refractivity contribution in [2.45, 2.75) is 13.5 Å². The number of hydrogen-bond donors (Lipinski definition) is 1. The van der Waals surface area contributed by atoms with Crippen LogP contribution >= 0.6 is 0 Å². The lowest BCUT2D eigenvalue weighted by Gasteiger charge is -2.07. The van der Waals surface area contributed by atoms with E-state index in [-0.39, 0.29) is 0 Å². The van der Waals surface area contributed by atoms with Crippen molar-refractivity contribution < 1.29 is 4.42 Å². The molecule has 0 atom stereocenters. The first-order valence-corrected chi connectivity index (χ1v) is 7.63. The van der Waals surface area contributed by atoms with Crippen molar-refractivity contribution in [1.82, 2.24) is 19.9 Å². The fourth-order valence-electron chi connectivity index (χ4n) is 2.48. The Hall–Kier alpha value is -3.28. The maximum atomic E-state index is 5.55. The Bertz CT molecular complexity index is 981. The zero-order valence-electron chi connectivity index (χ0n) is 13.1. The molecular formula is C18H15N5O. The number of aryl methyl sites for hydroxylation is 1. The molecule has 0 aliphatic heterocycles. The highest BCUT2D eigenvalue weighted by atomic mass is 16.3. The predicted octanol–water partition coefficient (Wildman–Crippen LogP) is 3.60. The van der Waals surface area contributed by atoms with Gasteiger partial charge in [-0.2, -0.15) is 0 Å². The van der Waals surface area contributed by atoms with Gasteiger partial charge in [-0.3, -0.25) is 0 Å². The highest BCUT2D eigenvalue weighted by Gasteiger charge is 2.09. The van der Waals surface area contributed by atoms with Gasteiger partial charge >= 0.3 is 0 Å². The number of oxazole rings is 1. The van der Waals surface area contributed by atoms with Gasteiger partial charge in [0.2, 0.25) is 5.89 Å². The minimum absolute atomic E-state index is 0.511. The summed E-state index contributed by atoms with van der Waals surface area (Å²) >= 11 is 0. The van der Waals surface area contributed by atoms with Gasteiger partial charge in [-0.25, -0.2) is 19.9 Å². The number of benzene rings is 1. The second-order valence-corrected chi connectivity index (χ2v) is 5.36. The fraction of sp³-hybridized carbons (Fsp3) is 0.111. The molecule has 4 rings (SSSR count). The number of nitrogens with one attached hydrogen (secondary N) is 1. The van der Waals surface area contributed by atoms with Gasteiger partial charge in [0.05, 0.1) is 17.6 Å². The largest absolute Gasteiger partial charge is 0.444 e. The summed E-state index contributed by atoms with van der Waals surface area (Å²) in [5.74, 6) is 2.03. The van der Waals surface area contributed by atoms with E-state index in [0.29, 0.717) is 23.9 Å². The van der Waals surface area contributed by atoms with Gasteiger partial charge in [0, 0.05) is 11.8 Å². The molecule has 6 heteroatoms. The molecular weight excluding hydrogens is 302 g/mol. The van der Waals surface area contributed by atoms with Gasteiger partial charge < -0.3 is 9.73 Å². The number of anilines is 1. The molecule has 6 nitrogen and oxygen atoms in total. The van der Waals surface area contributed by atoms with Crippen LogP contribution in [-0.4, -0.2) is 19.9 Å². The lowest BCUT2D eigenvalue weighted by Crippen LogP contribution is -2.05. The molecule has 0 unspecified atom stereocenters. The molecule has 0 radical (unpaired) electrons. The lowest BCUT2D eigenvalue weighted by molar-refractivity contribution is 0.573. The summed E-state index contributed by atoms with van der Waals surface area (Å²) in [4.78, 5) is 17.6. The number of aromatic nitrogens is 4. The molecule has 0 spiro atoms. The number of rotatable bonds is 4. The van der Waals surface area contributed by atoms with Gasteiger partial charge in [-0.05, 0) is 31.2 Å². The summed E-state index contributed by atoms with van der Waals surface area (Å²) in [6, 6.07) is 13.6. The predicted molar refractivity (Wildman–Crippen MR) is 91.3 cm³/mol. The maximum Gasteiger partial charge on any atom is 0.226 e. The molecule has 0 bridgehead atoms. The smallest absolute Gasteiger partial charge is 0.226 e. The third kappa shape index (κ3) is 2.81. The third-order valence-corrected chi connectivity index (χ3v) is 3.59. The van der Waals surface area contributed by atoms with E-state index in [2.05, 4.69) is 25.3 Å². The molecule has 0 saturated heterocycles. The Balaban J connectivity index is 1.57. The topological polar surface area (TPSA) is 76.7 Å². The van der Waals surface area contributed by atoms with E-state index in [0.717, 1.165) is 22.5 Å². The number of nitrogens with zero attached hydrogens (tertiary/aromatic N) is 4. The minimum atomic E-state index is 0.511. The van der Waals surface area contributed by atoms with Gasteiger partial charge in [-0.1, -0.05) is 18.2 Å². The molecule has 0 aliphatic rings. The maximum absolute atomic E-state index is 5.55. The van der Waals surface area contributed by atoms with Crippen molar-refractivity contribution >= 4 is 16.9 Å². The average Bonchev–Trinajstić information content (AvgIpc) is 3.09. The van der Waals surface area contributed by atoms with Crippen molar-refractivity contribution in [3.8, 4) is 11.5 Å². The monoisotopic (exact) mass is 317 g/mol. The van der Waals surface area contributed by atoms with Gasteiger partial charge in [0.1, 0.15) is 17.9 Å². The summed E-state index contributed by atoms with van der Waals surface area (Å²) in [5.41, 5.74) is 2.44. The van der Waals surface area contributed by atoms with E-state index in [4.69, 9.17) is 4.42 Å². The van der Waals surface area contributed by atoms with E-state index < -0.39 is 0 Å². The van der Waals surface area contributed by atoms with Crippen LogP contribution in [0, 0.1) is 6.92 Å². The first-order chi connectivity index (χ1) is 11.8. The molecule has 0 amide bonds. The quantitative estimate of drug-likeness (QED) is 0.619. The molecule has 0 aliphatic carbocycles. The lowest BCUT2D eigenvalue weighted by atomic mass is 10.2. The average molecular weight is 317 g/mol. The summed E-state index contributed by atoms with van der Waals surface area (Å²) in [6.07, 6.45) is 3.38. The van der Waals surface area contributed by atoms with Crippen LogP contribution < -0.4 is 5.32 Å². The van der Waals surface area contributed by atoms with Gasteiger partial charge in [-0.15, -0.1) is 0 Å². The molecule has 1 aromatic carbocycles. The number of hydrogen-bond acceptors (Lipinski definition) is 6. The molecule has 24 heavy (non-hydrogen) atoms. The zero-order valence-corrected chi connectivity index (χ0v) is 13.1. The zero-order chi connectivity index (χ0) is 16.4. The van der Waals surface area contributed by atoms with Crippen molar-refractivity contribution in [2.75, 3.05) is 5.32 Å². The Kier molecular flexibility index (Phi) is 3.63. The van der Waals surface area contributed by atoms with Crippen LogP contribution in [0.25, 0.3) is 22.5 Å². The van der Waals surface area contributed by atoms with E-state index in [1.165, 1.54) is 0 Å². The standard InChI is InChI=1S/C18H15N5O/c1-12-21-16-15(8-5-9-19-16)17(22-12)20-10-14-11-24-18(23-14)13-6-3-2-4-7-13/h2-9,11H,10H2,1H3,(H,19,20,21,22). The molecule has 4 aromatic rings. The highest BCUT2D eigenvalue weighted by Crippen LogP contribution is 2.21. The van der Waals surface area contributed by atoms with Crippen molar-refractivity contribution in [3.63, 3.8) is 0 Å². The Morgan fingerprint density at radius 1 is 1.00 bits per heavy atom. The third-order valence-electron chi connectivity index (χ3n) is 3.59. The SMILES string of the molecule is Cc1nc(NCc2coc(-c3ccccc3)n2)c2cccnc2n1. The minimum Gasteiger partial charge on any atom is -0.444 e. The molecule has 118 valence electrons. The van der Waals surface area contributed by atoms with Crippen LogP contribution in [0.3, 0.4) is 0 Å². The second-order valence-electron chi connectivity index (χ2n) is 5.36.